The molecule has 6 nitrogen and oxygen atoms in total. The third-order valence-electron chi connectivity index (χ3n) is 2.06. The maximum Gasteiger partial charge on any atom is 0.490 e. The number of rotatable bonds is 2. The van der Waals surface area contributed by atoms with Gasteiger partial charge >= 0.3 is 13.2 Å². The Hall–Kier alpha value is -1.60. The van der Waals surface area contributed by atoms with E-state index >= 15 is 0 Å². The fourth-order valence-corrected chi connectivity index (χ4v) is 1.31. The van der Waals surface area contributed by atoms with E-state index in [0.29, 0.717) is 16.8 Å². The smallest absolute Gasteiger partial charge is 0.444 e. The topological polar surface area (TPSA) is 91.7 Å². The summed E-state index contributed by atoms with van der Waals surface area (Å²) in [5, 5.41) is 20.5. The van der Waals surface area contributed by atoms with Gasteiger partial charge in [-0.3, -0.25) is 5.32 Å². The van der Waals surface area contributed by atoms with Gasteiger partial charge in [0.05, 0.1) is 0 Å². The second-order valence-corrected chi connectivity index (χ2v) is 4.93. The van der Waals surface area contributed by atoms with Crippen molar-refractivity contribution in [3.8, 4) is 0 Å². The predicted octanol–water partition coefficient (Wildman–Crippen LogP) is 0.417. The molecule has 7 heteroatoms. The summed E-state index contributed by atoms with van der Waals surface area (Å²) < 4.78 is 5.07. The first-order valence-corrected chi connectivity index (χ1v) is 5.52. The van der Waals surface area contributed by atoms with Gasteiger partial charge in [0.15, 0.2) is 0 Å². The number of pyridine rings is 1. The van der Waals surface area contributed by atoms with E-state index < -0.39 is 18.8 Å². The second kappa shape index (κ2) is 5.37. The molecule has 0 aromatic carbocycles. The lowest BCUT2D eigenvalue weighted by molar-refractivity contribution is 0.0635. The van der Waals surface area contributed by atoms with Crippen LogP contribution in [0.1, 0.15) is 26.3 Å². The van der Waals surface area contributed by atoms with Crippen LogP contribution < -0.4 is 10.8 Å². The summed E-state index contributed by atoms with van der Waals surface area (Å²) in [6, 6.07) is 1.54. The van der Waals surface area contributed by atoms with Crippen molar-refractivity contribution < 1.29 is 19.6 Å². The average Bonchev–Trinajstić information content (AvgIpc) is 2.13. The van der Waals surface area contributed by atoms with Crippen LogP contribution in [0.5, 0.6) is 0 Å². The quantitative estimate of drug-likeness (QED) is 0.663. The molecule has 0 saturated carbocycles. The Morgan fingerprint density at radius 3 is 2.50 bits per heavy atom. The Labute approximate surface area is 106 Å². The number of hydrogen-bond donors (Lipinski definition) is 3. The first-order valence-electron chi connectivity index (χ1n) is 5.52. The second-order valence-electron chi connectivity index (χ2n) is 4.93. The number of nitrogens with zero attached hydrogens (tertiary/aromatic N) is 1. The lowest BCUT2D eigenvalue weighted by Crippen LogP contribution is -2.33. The summed E-state index contributed by atoms with van der Waals surface area (Å²) in [5.74, 6) is 0.297. The Bertz CT molecular complexity index is 443. The number of carbonyl (C=O) groups is 1. The van der Waals surface area contributed by atoms with Gasteiger partial charge < -0.3 is 14.8 Å². The van der Waals surface area contributed by atoms with Crippen molar-refractivity contribution >= 4 is 24.5 Å². The van der Waals surface area contributed by atoms with Crippen LogP contribution in [0, 0.1) is 6.92 Å². The summed E-state index contributed by atoms with van der Waals surface area (Å²) in [5.41, 5.74) is 0.330. The number of aryl methyl sites for hydroxylation is 1. The summed E-state index contributed by atoms with van der Waals surface area (Å²) in [6.45, 7) is 6.97. The van der Waals surface area contributed by atoms with E-state index in [9.17, 15) is 4.79 Å². The SMILES string of the molecule is Cc1cc(NC(=O)OC(C)(C)C)ncc1B(O)O. The van der Waals surface area contributed by atoms with Crippen molar-refractivity contribution in [2.45, 2.75) is 33.3 Å². The molecule has 0 fully saturated rings. The van der Waals surface area contributed by atoms with Crippen LogP contribution >= 0.6 is 0 Å². The number of ether oxygens (including phenoxy) is 1. The molecular formula is C11H17BN2O4. The predicted molar refractivity (Wildman–Crippen MR) is 68.7 cm³/mol. The summed E-state index contributed by atoms with van der Waals surface area (Å²) in [6.07, 6.45) is 0.693. The molecule has 0 atom stereocenters. The molecule has 0 bridgehead atoms. The number of aromatic nitrogens is 1. The zero-order valence-electron chi connectivity index (χ0n) is 10.9. The summed E-state index contributed by atoms with van der Waals surface area (Å²) >= 11 is 0. The van der Waals surface area contributed by atoms with Crippen LogP contribution in [0.25, 0.3) is 0 Å². The first-order chi connectivity index (χ1) is 8.19. The van der Waals surface area contributed by atoms with Gasteiger partial charge in [-0.15, -0.1) is 0 Å². The van der Waals surface area contributed by atoms with Crippen LogP contribution in [-0.2, 0) is 4.74 Å². The summed E-state index contributed by atoms with van der Waals surface area (Å²) in [4.78, 5) is 15.4. The van der Waals surface area contributed by atoms with E-state index in [1.54, 1.807) is 33.8 Å². The molecule has 0 spiro atoms. The molecule has 3 N–H and O–H groups in total. The van der Waals surface area contributed by atoms with Gasteiger partial charge in [0, 0.05) is 11.7 Å². The van der Waals surface area contributed by atoms with Crippen molar-refractivity contribution in [3.63, 3.8) is 0 Å². The molecule has 1 rings (SSSR count). The van der Waals surface area contributed by atoms with Gasteiger partial charge in [-0.25, -0.2) is 9.78 Å². The molecule has 1 aromatic rings. The van der Waals surface area contributed by atoms with Gasteiger partial charge in [-0.2, -0.15) is 0 Å². The lowest BCUT2D eigenvalue weighted by atomic mass is 9.79. The lowest BCUT2D eigenvalue weighted by Gasteiger charge is -2.19. The highest BCUT2D eigenvalue weighted by Crippen LogP contribution is 2.10. The van der Waals surface area contributed by atoms with Gasteiger partial charge in [0.2, 0.25) is 0 Å². The first kappa shape index (κ1) is 14.5. The fraction of sp³-hybridized carbons (Fsp3) is 0.455. The Morgan fingerprint density at radius 1 is 1.44 bits per heavy atom. The molecule has 1 aromatic heterocycles. The van der Waals surface area contributed by atoms with Gasteiger partial charge in [0.25, 0.3) is 0 Å². The molecule has 0 radical (unpaired) electrons. The molecule has 1 amide bonds. The van der Waals surface area contributed by atoms with Crippen LogP contribution in [0.3, 0.4) is 0 Å². The zero-order chi connectivity index (χ0) is 13.9. The summed E-state index contributed by atoms with van der Waals surface area (Å²) in [7, 11) is -1.58. The maximum atomic E-state index is 11.5. The molecule has 98 valence electrons. The van der Waals surface area contributed by atoms with Crippen LogP contribution in [0.2, 0.25) is 0 Å². The Balaban J connectivity index is 2.75. The van der Waals surface area contributed by atoms with E-state index in [0.717, 1.165) is 0 Å². The van der Waals surface area contributed by atoms with E-state index in [1.807, 2.05) is 0 Å². The normalized spacial score (nSPS) is 11.0. The number of nitrogens with one attached hydrogen (secondary N) is 1. The molecular weight excluding hydrogens is 235 g/mol. The minimum absolute atomic E-state index is 0.296. The van der Waals surface area contributed by atoms with Crippen molar-refractivity contribution in [2.24, 2.45) is 0 Å². The number of amides is 1. The number of anilines is 1. The molecule has 0 aliphatic carbocycles. The minimum atomic E-state index is -1.58. The maximum absolute atomic E-state index is 11.5. The van der Waals surface area contributed by atoms with Crippen LogP contribution in [0.15, 0.2) is 12.3 Å². The molecule has 1 heterocycles. The van der Waals surface area contributed by atoms with E-state index in [2.05, 4.69) is 10.3 Å². The third kappa shape index (κ3) is 4.35. The van der Waals surface area contributed by atoms with E-state index in [4.69, 9.17) is 14.8 Å². The van der Waals surface area contributed by atoms with Gasteiger partial charge in [-0.05, 0) is 39.3 Å². The molecule has 18 heavy (non-hydrogen) atoms. The highest BCUT2D eigenvalue weighted by molar-refractivity contribution is 6.59. The fourth-order valence-electron chi connectivity index (χ4n) is 1.31. The molecule has 0 aliphatic rings. The average molecular weight is 252 g/mol. The van der Waals surface area contributed by atoms with Gasteiger partial charge in [-0.1, -0.05) is 0 Å². The minimum Gasteiger partial charge on any atom is -0.444 e. The molecule has 0 aliphatic heterocycles. The van der Waals surface area contributed by atoms with Gasteiger partial charge in [0.1, 0.15) is 11.4 Å². The van der Waals surface area contributed by atoms with Crippen molar-refractivity contribution in [2.75, 3.05) is 5.32 Å². The van der Waals surface area contributed by atoms with Crippen molar-refractivity contribution in [1.82, 2.24) is 4.98 Å². The Kier molecular flexibility index (Phi) is 4.31. The molecule has 0 unspecified atom stereocenters. The Morgan fingerprint density at radius 2 is 2.06 bits per heavy atom. The zero-order valence-corrected chi connectivity index (χ0v) is 10.9. The van der Waals surface area contributed by atoms with Crippen molar-refractivity contribution in [3.05, 3.63) is 17.8 Å². The van der Waals surface area contributed by atoms with E-state index in [-0.39, 0.29) is 0 Å². The standard InChI is InChI=1S/C11H17BN2O4/c1-7-5-9(13-6-8(7)12(16)17)14-10(15)18-11(2,3)4/h5-6,16-17H,1-4H3,(H,13,14,15). The monoisotopic (exact) mass is 252 g/mol. The number of hydrogen-bond acceptors (Lipinski definition) is 5. The third-order valence-corrected chi connectivity index (χ3v) is 2.06. The van der Waals surface area contributed by atoms with Crippen molar-refractivity contribution in [1.29, 1.82) is 0 Å². The highest BCUT2D eigenvalue weighted by Gasteiger charge is 2.18. The number of carbonyl (C=O) groups excluding carboxylic acids is 1. The van der Waals surface area contributed by atoms with Crippen LogP contribution in [-0.4, -0.2) is 33.8 Å². The molecule has 0 saturated heterocycles. The van der Waals surface area contributed by atoms with Crippen LogP contribution in [0.4, 0.5) is 10.6 Å². The largest absolute Gasteiger partial charge is 0.490 e. The van der Waals surface area contributed by atoms with E-state index in [1.165, 1.54) is 6.20 Å². The highest BCUT2D eigenvalue weighted by atomic mass is 16.6.